The van der Waals surface area contributed by atoms with Crippen LogP contribution < -0.4 is 15.5 Å². The Labute approximate surface area is 188 Å². The van der Waals surface area contributed by atoms with Crippen molar-refractivity contribution in [2.75, 3.05) is 36.0 Å². The number of pyridine rings is 1. The van der Waals surface area contributed by atoms with Crippen molar-refractivity contribution in [2.24, 2.45) is 5.73 Å². The summed E-state index contributed by atoms with van der Waals surface area (Å²) < 4.78 is 1.75. The Kier molecular flexibility index (Phi) is 4.26. The van der Waals surface area contributed by atoms with E-state index in [1.165, 1.54) is 16.8 Å². The van der Waals surface area contributed by atoms with E-state index in [4.69, 9.17) is 5.73 Å². The molecular formula is C25H29N7. The predicted molar refractivity (Wildman–Crippen MR) is 126 cm³/mol. The van der Waals surface area contributed by atoms with Crippen molar-refractivity contribution in [3.8, 4) is 6.07 Å². The highest BCUT2D eigenvalue weighted by Crippen LogP contribution is 2.42. The Morgan fingerprint density at radius 3 is 2.81 bits per heavy atom. The maximum atomic E-state index is 9.42. The standard InChI is InChI=1S/C25H29N7/c1-17-13-30(22-6-4-20(12-26)32-23(22)7-9-28-32)15-24-21-5-3-19(11-18(21)14-31(17)24)29-10-8-25(2,27)16-29/h3-7,9,11,17,24H,8,10,13-16,27H2,1-2H3. The van der Waals surface area contributed by atoms with Crippen molar-refractivity contribution in [3.63, 3.8) is 0 Å². The van der Waals surface area contributed by atoms with E-state index in [1.54, 1.807) is 10.7 Å². The fourth-order valence-electron chi connectivity index (χ4n) is 5.87. The van der Waals surface area contributed by atoms with Crippen LogP contribution in [0, 0.1) is 11.3 Å². The number of nitrogens with zero attached hydrogens (tertiary/aromatic N) is 6. The third-order valence-corrected chi connectivity index (χ3v) is 7.54. The molecule has 3 aliphatic rings. The van der Waals surface area contributed by atoms with Gasteiger partial charge in [-0.2, -0.15) is 10.4 Å². The van der Waals surface area contributed by atoms with Gasteiger partial charge >= 0.3 is 0 Å². The van der Waals surface area contributed by atoms with Gasteiger partial charge in [0.15, 0.2) is 0 Å². The molecule has 164 valence electrons. The number of rotatable bonds is 2. The molecule has 0 aliphatic carbocycles. The van der Waals surface area contributed by atoms with Crippen LogP contribution in [0.2, 0.25) is 0 Å². The monoisotopic (exact) mass is 427 g/mol. The van der Waals surface area contributed by atoms with Gasteiger partial charge in [-0.05, 0) is 61.7 Å². The Morgan fingerprint density at radius 1 is 1.16 bits per heavy atom. The molecule has 1 aromatic carbocycles. The van der Waals surface area contributed by atoms with Crippen molar-refractivity contribution < 1.29 is 0 Å². The summed E-state index contributed by atoms with van der Waals surface area (Å²) >= 11 is 0. The van der Waals surface area contributed by atoms with Gasteiger partial charge in [-0.3, -0.25) is 4.90 Å². The van der Waals surface area contributed by atoms with E-state index in [1.807, 2.05) is 12.1 Å². The van der Waals surface area contributed by atoms with Crippen LogP contribution in [0.25, 0.3) is 5.52 Å². The summed E-state index contributed by atoms with van der Waals surface area (Å²) in [5, 5.41) is 13.8. The number of anilines is 2. The molecule has 2 aromatic heterocycles. The molecular weight excluding hydrogens is 398 g/mol. The van der Waals surface area contributed by atoms with E-state index in [2.05, 4.69) is 64.0 Å². The lowest BCUT2D eigenvalue weighted by atomic mass is 10.0. The minimum absolute atomic E-state index is 0.0917. The molecule has 7 nitrogen and oxygen atoms in total. The van der Waals surface area contributed by atoms with Crippen LogP contribution in [0.1, 0.15) is 43.1 Å². The predicted octanol–water partition coefficient (Wildman–Crippen LogP) is 2.90. The number of benzene rings is 1. The Balaban J connectivity index is 1.31. The normalized spacial score (nSPS) is 27.6. The van der Waals surface area contributed by atoms with Crippen LogP contribution in [0.5, 0.6) is 0 Å². The maximum Gasteiger partial charge on any atom is 0.142 e. The van der Waals surface area contributed by atoms with Crippen LogP contribution in [0.15, 0.2) is 42.6 Å². The molecule has 0 saturated carbocycles. The van der Waals surface area contributed by atoms with E-state index in [0.29, 0.717) is 17.8 Å². The SMILES string of the molecule is CC1CN(c2ccc(C#N)n3nccc23)CC2c3ccc(N4CCC(C)(N)C4)cc3CN12. The number of nitriles is 1. The van der Waals surface area contributed by atoms with Gasteiger partial charge < -0.3 is 15.5 Å². The molecule has 2 saturated heterocycles. The van der Waals surface area contributed by atoms with Crippen LogP contribution >= 0.6 is 0 Å². The van der Waals surface area contributed by atoms with Gasteiger partial charge in [0, 0.05) is 50.0 Å². The fraction of sp³-hybridized carbons (Fsp3) is 0.440. The van der Waals surface area contributed by atoms with Gasteiger partial charge in [0.2, 0.25) is 0 Å². The first kappa shape index (κ1) is 19.6. The van der Waals surface area contributed by atoms with Crippen molar-refractivity contribution >= 4 is 16.9 Å². The van der Waals surface area contributed by atoms with E-state index < -0.39 is 0 Å². The first-order valence-electron chi connectivity index (χ1n) is 11.5. The first-order valence-corrected chi connectivity index (χ1v) is 11.5. The van der Waals surface area contributed by atoms with Crippen molar-refractivity contribution in [3.05, 3.63) is 59.4 Å². The smallest absolute Gasteiger partial charge is 0.142 e. The van der Waals surface area contributed by atoms with Gasteiger partial charge in [0.25, 0.3) is 0 Å². The summed E-state index contributed by atoms with van der Waals surface area (Å²) in [5.74, 6) is 0. The zero-order valence-corrected chi connectivity index (χ0v) is 18.7. The molecule has 3 aromatic rings. The van der Waals surface area contributed by atoms with E-state index in [0.717, 1.165) is 50.3 Å². The third kappa shape index (κ3) is 2.98. The highest BCUT2D eigenvalue weighted by atomic mass is 15.3. The van der Waals surface area contributed by atoms with Crippen LogP contribution in [0.3, 0.4) is 0 Å². The lowest BCUT2D eigenvalue weighted by Crippen LogP contribution is -2.51. The molecule has 3 atom stereocenters. The topological polar surface area (TPSA) is 76.8 Å². The first-order chi connectivity index (χ1) is 15.4. The number of hydrogen-bond donors (Lipinski definition) is 1. The minimum Gasteiger partial charge on any atom is -0.370 e. The largest absolute Gasteiger partial charge is 0.370 e. The third-order valence-electron chi connectivity index (χ3n) is 7.54. The summed E-state index contributed by atoms with van der Waals surface area (Å²) in [4.78, 5) is 7.53. The number of piperazine rings is 1. The summed E-state index contributed by atoms with van der Waals surface area (Å²) in [6.07, 6.45) is 2.81. The van der Waals surface area contributed by atoms with Crippen LogP contribution in [-0.2, 0) is 6.54 Å². The molecule has 0 spiro atoms. The van der Waals surface area contributed by atoms with Crippen LogP contribution in [0.4, 0.5) is 11.4 Å². The highest BCUT2D eigenvalue weighted by molar-refractivity contribution is 5.74. The van der Waals surface area contributed by atoms with E-state index in [-0.39, 0.29) is 5.54 Å². The van der Waals surface area contributed by atoms with E-state index >= 15 is 0 Å². The molecule has 3 aliphatic heterocycles. The summed E-state index contributed by atoms with van der Waals surface area (Å²) in [6, 6.07) is 16.0. The second-order valence-corrected chi connectivity index (χ2v) is 9.99. The molecule has 2 N–H and O–H groups in total. The molecule has 0 radical (unpaired) electrons. The van der Waals surface area contributed by atoms with Crippen LogP contribution in [-0.4, -0.2) is 52.3 Å². The van der Waals surface area contributed by atoms with Gasteiger partial charge in [-0.1, -0.05) is 6.07 Å². The average molecular weight is 428 g/mol. The molecule has 6 rings (SSSR count). The molecule has 32 heavy (non-hydrogen) atoms. The average Bonchev–Trinajstić information content (AvgIpc) is 3.49. The second kappa shape index (κ2) is 6.96. The Hall–Kier alpha value is -3.08. The lowest BCUT2D eigenvalue weighted by Gasteiger charge is -2.43. The summed E-state index contributed by atoms with van der Waals surface area (Å²) in [5.41, 5.74) is 13.2. The Morgan fingerprint density at radius 2 is 2.03 bits per heavy atom. The zero-order chi connectivity index (χ0) is 22.0. The molecule has 5 heterocycles. The van der Waals surface area contributed by atoms with Gasteiger partial charge in [0.05, 0.1) is 23.4 Å². The highest BCUT2D eigenvalue weighted by Gasteiger charge is 2.40. The maximum absolute atomic E-state index is 9.42. The minimum atomic E-state index is -0.0917. The molecule has 3 unspecified atom stereocenters. The van der Waals surface area contributed by atoms with E-state index in [9.17, 15) is 5.26 Å². The summed E-state index contributed by atoms with van der Waals surface area (Å²) in [7, 11) is 0. The van der Waals surface area contributed by atoms with Gasteiger partial charge in [-0.25, -0.2) is 4.52 Å². The quantitative estimate of drug-likeness (QED) is 0.678. The fourth-order valence-corrected chi connectivity index (χ4v) is 5.87. The molecule has 0 amide bonds. The number of nitrogens with two attached hydrogens (primary N) is 1. The van der Waals surface area contributed by atoms with Crippen molar-refractivity contribution in [2.45, 2.75) is 44.4 Å². The number of fused-ring (bicyclic) bond motifs is 4. The zero-order valence-electron chi connectivity index (χ0n) is 18.7. The van der Waals surface area contributed by atoms with Crippen molar-refractivity contribution in [1.82, 2.24) is 14.5 Å². The molecule has 7 heteroatoms. The lowest BCUT2D eigenvalue weighted by molar-refractivity contribution is 0.134. The molecule has 0 bridgehead atoms. The second-order valence-electron chi connectivity index (χ2n) is 9.99. The van der Waals surface area contributed by atoms with Crippen molar-refractivity contribution in [1.29, 1.82) is 5.26 Å². The number of hydrogen-bond acceptors (Lipinski definition) is 6. The van der Waals surface area contributed by atoms with Gasteiger partial charge in [0.1, 0.15) is 11.8 Å². The summed E-state index contributed by atoms with van der Waals surface area (Å²) in [6.45, 7) is 9.33. The Bertz CT molecular complexity index is 1240. The van der Waals surface area contributed by atoms with Gasteiger partial charge in [-0.15, -0.1) is 0 Å². The number of aromatic nitrogens is 2. The molecule has 2 fully saturated rings.